The summed E-state index contributed by atoms with van der Waals surface area (Å²) in [5.41, 5.74) is -1.93. The van der Waals surface area contributed by atoms with E-state index < -0.39 is 24.3 Å². The number of alkyl halides is 3. The zero-order valence-corrected chi connectivity index (χ0v) is 11.6. The maximum absolute atomic E-state index is 12.6. The number of hydrogen-bond acceptors (Lipinski definition) is 4. The van der Waals surface area contributed by atoms with Crippen molar-refractivity contribution in [3.63, 3.8) is 0 Å². The van der Waals surface area contributed by atoms with Crippen LogP contribution in [0.2, 0.25) is 0 Å². The molecule has 1 aromatic rings. The van der Waals surface area contributed by atoms with Gasteiger partial charge in [0.05, 0.1) is 23.8 Å². The standard InChI is InChI=1S/C13H15BF3NO3/c1-12(2,7-19)8-21-14(20)11-4-3-10(13(15,16)17)5-9(11)6-18/h3-5,19-20H,7-8H2,1-2H3. The lowest BCUT2D eigenvalue weighted by Gasteiger charge is -2.22. The Balaban J connectivity index is 2.96. The maximum Gasteiger partial charge on any atom is 0.492 e. The molecule has 1 aromatic carbocycles. The molecule has 21 heavy (non-hydrogen) atoms. The minimum Gasteiger partial charge on any atom is -0.423 e. The molecule has 0 unspecified atom stereocenters. The van der Waals surface area contributed by atoms with Crippen LogP contribution in [-0.2, 0) is 10.8 Å². The van der Waals surface area contributed by atoms with Crippen LogP contribution in [-0.4, -0.2) is 30.5 Å². The summed E-state index contributed by atoms with van der Waals surface area (Å²) in [5.74, 6) is 0. The molecule has 0 aromatic heterocycles. The number of aliphatic hydroxyl groups is 1. The van der Waals surface area contributed by atoms with Crippen molar-refractivity contribution < 1.29 is 28.0 Å². The first kappa shape index (κ1) is 17.5. The average Bonchev–Trinajstić information content (AvgIpc) is 2.43. The van der Waals surface area contributed by atoms with E-state index in [0.717, 1.165) is 12.1 Å². The molecule has 0 amide bonds. The zero-order valence-electron chi connectivity index (χ0n) is 11.6. The summed E-state index contributed by atoms with van der Waals surface area (Å²) in [4.78, 5) is 0. The van der Waals surface area contributed by atoms with Crippen LogP contribution < -0.4 is 5.46 Å². The number of nitrogens with zero attached hydrogens (tertiary/aromatic N) is 1. The highest BCUT2D eigenvalue weighted by atomic mass is 19.4. The summed E-state index contributed by atoms with van der Waals surface area (Å²) in [7, 11) is -1.53. The Bertz CT molecular complexity index is 540. The Hall–Kier alpha value is -1.56. The highest BCUT2D eigenvalue weighted by molar-refractivity contribution is 6.60. The lowest BCUT2D eigenvalue weighted by molar-refractivity contribution is -0.137. The molecular weight excluding hydrogens is 286 g/mol. The zero-order chi connectivity index (χ0) is 16.3. The molecule has 2 N–H and O–H groups in total. The molecule has 0 spiro atoms. The quantitative estimate of drug-likeness (QED) is 0.804. The number of rotatable bonds is 5. The van der Waals surface area contributed by atoms with Crippen molar-refractivity contribution >= 4 is 12.6 Å². The molecule has 0 aliphatic rings. The van der Waals surface area contributed by atoms with Crippen molar-refractivity contribution in [1.82, 2.24) is 0 Å². The van der Waals surface area contributed by atoms with Crippen molar-refractivity contribution in [1.29, 1.82) is 5.26 Å². The second-order valence-electron chi connectivity index (χ2n) is 5.40. The van der Waals surface area contributed by atoms with Gasteiger partial charge in [0, 0.05) is 17.5 Å². The molecule has 114 valence electrons. The molecule has 0 fully saturated rings. The monoisotopic (exact) mass is 301 g/mol. The van der Waals surface area contributed by atoms with Gasteiger partial charge in [-0.25, -0.2) is 0 Å². The normalized spacial score (nSPS) is 12.1. The van der Waals surface area contributed by atoms with Crippen LogP contribution in [0.15, 0.2) is 18.2 Å². The van der Waals surface area contributed by atoms with Gasteiger partial charge in [0.2, 0.25) is 0 Å². The van der Waals surface area contributed by atoms with Gasteiger partial charge in [-0.3, -0.25) is 0 Å². The van der Waals surface area contributed by atoms with Crippen LogP contribution >= 0.6 is 0 Å². The van der Waals surface area contributed by atoms with Gasteiger partial charge in [-0.05, 0) is 6.07 Å². The highest BCUT2D eigenvalue weighted by Gasteiger charge is 2.32. The van der Waals surface area contributed by atoms with Crippen molar-refractivity contribution in [2.75, 3.05) is 13.2 Å². The molecule has 0 saturated heterocycles. The fourth-order valence-corrected chi connectivity index (χ4v) is 1.48. The van der Waals surface area contributed by atoms with Crippen molar-refractivity contribution in [3.05, 3.63) is 29.3 Å². The van der Waals surface area contributed by atoms with Gasteiger partial charge in [-0.15, -0.1) is 0 Å². The Morgan fingerprint density at radius 3 is 2.43 bits per heavy atom. The number of halogens is 3. The van der Waals surface area contributed by atoms with E-state index in [1.54, 1.807) is 19.9 Å². The topological polar surface area (TPSA) is 73.5 Å². The molecule has 4 nitrogen and oxygen atoms in total. The molecule has 0 aliphatic heterocycles. The molecule has 0 aliphatic carbocycles. The fraction of sp³-hybridized carbons (Fsp3) is 0.462. The minimum atomic E-state index is -4.56. The molecule has 0 bridgehead atoms. The summed E-state index contributed by atoms with van der Waals surface area (Å²) < 4.78 is 42.8. The summed E-state index contributed by atoms with van der Waals surface area (Å²) in [6.45, 7) is 3.18. The van der Waals surface area contributed by atoms with Gasteiger partial charge in [-0.2, -0.15) is 18.4 Å². The van der Waals surface area contributed by atoms with Gasteiger partial charge in [0.1, 0.15) is 0 Å². The van der Waals surface area contributed by atoms with Crippen LogP contribution in [0.3, 0.4) is 0 Å². The molecule has 1 rings (SSSR count). The first-order chi connectivity index (χ1) is 9.60. The third-order valence-corrected chi connectivity index (χ3v) is 2.83. The second-order valence-corrected chi connectivity index (χ2v) is 5.40. The average molecular weight is 301 g/mol. The van der Waals surface area contributed by atoms with Gasteiger partial charge < -0.3 is 14.8 Å². The third kappa shape index (κ3) is 4.74. The van der Waals surface area contributed by atoms with E-state index in [1.165, 1.54) is 0 Å². The van der Waals surface area contributed by atoms with E-state index in [2.05, 4.69) is 0 Å². The van der Waals surface area contributed by atoms with Crippen LogP contribution in [0, 0.1) is 16.7 Å². The van der Waals surface area contributed by atoms with E-state index in [-0.39, 0.29) is 24.2 Å². The molecular formula is C13H15BF3NO3. The molecule has 0 saturated carbocycles. The van der Waals surface area contributed by atoms with E-state index in [1.807, 2.05) is 0 Å². The predicted octanol–water partition coefficient (Wildman–Crippen LogP) is 1.30. The lowest BCUT2D eigenvalue weighted by Crippen LogP contribution is -2.39. The summed E-state index contributed by atoms with van der Waals surface area (Å²) in [6.07, 6.45) is -4.56. The Morgan fingerprint density at radius 2 is 1.95 bits per heavy atom. The van der Waals surface area contributed by atoms with E-state index in [9.17, 15) is 18.2 Å². The predicted molar refractivity (Wildman–Crippen MR) is 70.6 cm³/mol. The van der Waals surface area contributed by atoms with Crippen LogP contribution in [0.25, 0.3) is 0 Å². The largest absolute Gasteiger partial charge is 0.492 e. The van der Waals surface area contributed by atoms with Crippen molar-refractivity contribution in [2.24, 2.45) is 5.41 Å². The Labute approximate surface area is 120 Å². The SMILES string of the molecule is CC(C)(CO)COB(O)c1ccc(C(F)(F)F)cc1C#N. The first-order valence-electron chi connectivity index (χ1n) is 6.12. The van der Waals surface area contributed by atoms with E-state index in [0.29, 0.717) is 6.07 Å². The van der Waals surface area contributed by atoms with Crippen molar-refractivity contribution in [3.8, 4) is 6.07 Å². The van der Waals surface area contributed by atoms with Crippen LogP contribution in [0.4, 0.5) is 13.2 Å². The van der Waals surface area contributed by atoms with Crippen LogP contribution in [0.5, 0.6) is 0 Å². The molecule has 8 heteroatoms. The van der Waals surface area contributed by atoms with Gasteiger partial charge in [-0.1, -0.05) is 26.0 Å². The Morgan fingerprint density at radius 1 is 1.33 bits per heavy atom. The summed E-state index contributed by atoms with van der Waals surface area (Å²) in [5, 5.41) is 27.8. The number of aliphatic hydroxyl groups excluding tert-OH is 1. The van der Waals surface area contributed by atoms with Gasteiger partial charge in [0.15, 0.2) is 0 Å². The van der Waals surface area contributed by atoms with E-state index in [4.69, 9.17) is 15.0 Å². The molecule has 0 heterocycles. The third-order valence-electron chi connectivity index (χ3n) is 2.83. The first-order valence-corrected chi connectivity index (χ1v) is 6.12. The number of benzene rings is 1. The number of hydrogen-bond donors (Lipinski definition) is 2. The fourth-order valence-electron chi connectivity index (χ4n) is 1.48. The number of nitriles is 1. The highest BCUT2D eigenvalue weighted by Crippen LogP contribution is 2.29. The van der Waals surface area contributed by atoms with E-state index >= 15 is 0 Å². The summed E-state index contributed by atoms with van der Waals surface area (Å²) in [6, 6.07) is 4.07. The van der Waals surface area contributed by atoms with Crippen LogP contribution in [0.1, 0.15) is 25.0 Å². The smallest absolute Gasteiger partial charge is 0.423 e. The van der Waals surface area contributed by atoms with Crippen molar-refractivity contribution in [2.45, 2.75) is 20.0 Å². The van der Waals surface area contributed by atoms with Gasteiger partial charge in [0.25, 0.3) is 0 Å². The maximum atomic E-state index is 12.6. The summed E-state index contributed by atoms with van der Waals surface area (Å²) >= 11 is 0. The second kappa shape index (κ2) is 6.47. The lowest BCUT2D eigenvalue weighted by atomic mass is 9.75. The molecule has 0 atom stereocenters. The van der Waals surface area contributed by atoms with Gasteiger partial charge >= 0.3 is 13.3 Å². The Kier molecular flexibility index (Phi) is 5.39. The molecule has 0 radical (unpaired) electrons. The minimum absolute atomic E-state index is 0.0173.